The molecule has 0 aliphatic rings. The van der Waals surface area contributed by atoms with Gasteiger partial charge in [0.25, 0.3) is 0 Å². The maximum atomic E-state index is 10.9. The molecule has 0 radical (unpaired) electrons. The van der Waals surface area contributed by atoms with Gasteiger partial charge in [0.1, 0.15) is 5.78 Å². The fraction of sp³-hybridized carbons (Fsp3) is 0.737. The Morgan fingerprint density at radius 2 is 1.17 bits per heavy atom. The van der Waals surface area contributed by atoms with Crippen molar-refractivity contribution in [3.05, 3.63) is 12.2 Å². The van der Waals surface area contributed by atoms with Crippen LogP contribution in [0.15, 0.2) is 12.2 Å². The number of ether oxygens (including phenoxy) is 1. The van der Waals surface area contributed by atoms with Gasteiger partial charge in [-0.2, -0.15) is 0 Å². The van der Waals surface area contributed by atoms with Crippen LogP contribution in [-0.4, -0.2) is 42.6 Å². The zero-order valence-electron chi connectivity index (χ0n) is 18.9. The maximum absolute atomic E-state index is 10.9. The van der Waals surface area contributed by atoms with Crippen molar-refractivity contribution in [2.24, 2.45) is 0 Å². The summed E-state index contributed by atoms with van der Waals surface area (Å²) in [7, 11) is 0. The zero-order chi connectivity index (χ0) is 22.6. The Morgan fingerprint density at radius 3 is 1.40 bits per heavy atom. The predicted molar refractivity (Wildman–Crippen MR) is 95.7 cm³/mol. The minimum atomic E-state index is -1.39. The molecule has 0 saturated heterocycles. The number of esters is 1. The molecule has 0 aliphatic carbocycles. The number of hydrogen-bond donors (Lipinski definition) is 0. The molecule has 11 heteroatoms. The average Bonchev–Trinajstić information content (AvgIpc) is 2.40. The second-order valence-corrected chi connectivity index (χ2v) is 6.25. The Balaban J connectivity index is -0.0000000589. The SMILES string of the molecule is C=C(C)C(=O)OCCCC(=O)CC(=O)[O-].CC(C)[O-].CC(C)[O-].CC(C)[O-].[O-2].[Ti+4].[Ti+4]. The minimum Gasteiger partial charge on any atom is -2.00 e. The standard InChI is InChI=1S/C10H14O5.3C3H7O.O.2Ti/c1-7(2)10(14)15-5-3-4-8(11)6-9(12)13;3*1-3(2)4;;;/h1,3-6H2,2H3,(H,12,13);3*3H,1-2H3;;;/q;3*-1;-2;2*+4/p-1. The summed E-state index contributed by atoms with van der Waals surface area (Å²) in [6, 6.07) is 0. The third kappa shape index (κ3) is 91.6. The number of carboxylic acid groups (broad SMARTS) is 1. The number of carbonyl (C=O) groups excluding carboxylic acids is 3. The molecule has 0 saturated carbocycles. The van der Waals surface area contributed by atoms with E-state index in [0.717, 1.165) is 0 Å². The third-order valence-electron chi connectivity index (χ3n) is 1.52. The molecule has 0 aliphatic heterocycles. The maximum Gasteiger partial charge on any atom is 4.00 e. The smallest absolute Gasteiger partial charge is 2.00 e. The van der Waals surface area contributed by atoms with Crippen LogP contribution in [0.25, 0.3) is 0 Å². The molecule has 0 rings (SSSR count). The van der Waals surface area contributed by atoms with Gasteiger partial charge in [-0.1, -0.05) is 48.1 Å². The van der Waals surface area contributed by atoms with Gasteiger partial charge in [0.15, 0.2) is 0 Å². The van der Waals surface area contributed by atoms with E-state index in [2.05, 4.69) is 6.58 Å². The predicted octanol–water partition coefficient (Wildman–Crippen LogP) is -1.26. The molecule has 30 heavy (non-hydrogen) atoms. The molecule has 0 aromatic heterocycles. The molecular formula is C19H34O9Ti2+2. The average molecular weight is 502 g/mol. The van der Waals surface area contributed by atoms with Crippen LogP contribution < -0.4 is 20.4 Å². The molecule has 0 unspecified atom stereocenters. The third-order valence-corrected chi connectivity index (χ3v) is 1.52. The molecule has 0 amide bonds. The van der Waals surface area contributed by atoms with Crippen LogP contribution in [0.1, 0.15) is 67.7 Å². The van der Waals surface area contributed by atoms with Gasteiger partial charge < -0.3 is 35.4 Å². The Kier molecular flexibility index (Phi) is 52.6. The van der Waals surface area contributed by atoms with Crippen molar-refractivity contribution in [1.82, 2.24) is 0 Å². The van der Waals surface area contributed by atoms with Crippen molar-refractivity contribution in [1.29, 1.82) is 0 Å². The number of hydrogen-bond acceptors (Lipinski definition) is 8. The Bertz CT molecular complexity index is 390. The number of carboxylic acids is 1. The van der Waals surface area contributed by atoms with Crippen LogP contribution in [0.4, 0.5) is 0 Å². The van der Waals surface area contributed by atoms with E-state index in [1.54, 1.807) is 41.5 Å². The van der Waals surface area contributed by atoms with Gasteiger partial charge in [-0.3, -0.25) is 4.79 Å². The molecule has 0 spiro atoms. The summed E-state index contributed by atoms with van der Waals surface area (Å²) in [5.74, 6) is -2.33. The van der Waals surface area contributed by atoms with Crippen molar-refractivity contribution >= 4 is 17.7 Å². The van der Waals surface area contributed by atoms with E-state index < -0.39 is 42.5 Å². The van der Waals surface area contributed by atoms with Crippen LogP contribution in [0, 0.1) is 0 Å². The van der Waals surface area contributed by atoms with E-state index in [0.29, 0.717) is 6.42 Å². The van der Waals surface area contributed by atoms with Gasteiger partial charge in [-0.15, -0.1) is 18.3 Å². The van der Waals surface area contributed by atoms with Crippen LogP contribution >= 0.6 is 0 Å². The molecule has 170 valence electrons. The molecule has 0 atom stereocenters. The molecule has 0 fully saturated rings. The summed E-state index contributed by atoms with van der Waals surface area (Å²) in [5, 5.41) is 38.6. The first-order valence-electron chi connectivity index (χ1n) is 8.64. The topological polar surface area (TPSA) is 181 Å². The fourth-order valence-corrected chi connectivity index (χ4v) is 0.807. The first kappa shape index (κ1) is 47.4. The summed E-state index contributed by atoms with van der Waals surface area (Å²) >= 11 is 0. The quantitative estimate of drug-likeness (QED) is 0.136. The monoisotopic (exact) mass is 502 g/mol. The molecule has 9 nitrogen and oxygen atoms in total. The van der Waals surface area contributed by atoms with Crippen LogP contribution in [0.5, 0.6) is 0 Å². The summed E-state index contributed by atoms with van der Waals surface area (Å²) in [5.41, 5.74) is 0.288. The normalized spacial score (nSPS) is 8.30. The van der Waals surface area contributed by atoms with Gasteiger partial charge in [0.2, 0.25) is 0 Å². The van der Waals surface area contributed by atoms with E-state index in [4.69, 9.17) is 4.74 Å². The van der Waals surface area contributed by atoms with E-state index in [1.807, 2.05) is 0 Å². The Morgan fingerprint density at radius 1 is 0.867 bits per heavy atom. The van der Waals surface area contributed by atoms with Crippen molar-refractivity contribution in [3.8, 4) is 0 Å². The van der Waals surface area contributed by atoms with Crippen molar-refractivity contribution in [2.45, 2.75) is 86.0 Å². The van der Waals surface area contributed by atoms with Crippen LogP contribution in [0.2, 0.25) is 0 Å². The van der Waals surface area contributed by atoms with E-state index in [-0.39, 0.29) is 67.5 Å². The van der Waals surface area contributed by atoms with Crippen molar-refractivity contribution in [2.75, 3.05) is 6.61 Å². The summed E-state index contributed by atoms with van der Waals surface area (Å²) in [6.07, 6.45) is -1.46. The summed E-state index contributed by atoms with van der Waals surface area (Å²) < 4.78 is 4.71. The first-order valence-corrected chi connectivity index (χ1v) is 8.64. The molecule has 0 aromatic rings. The van der Waals surface area contributed by atoms with E-state index in [9.17, 15) is 34.8 Å². The Labute approximate surface area is 210 Å². The zero-order valence-corrected chi connectivity index (χ0v) is 22.1. The largest absolute Gasteiger partial charge is 4.00 e. The number of Topliss-reactive ketones (excluding diaryl/α,β-unsaturated/α-hetero) is 1. The Hall–Kier alpha value is -0.381. The summed E-state index contributed by atoms with van der Waals surface area (Å²) in [4.78, 5) is 31.7. The second kappa shape index (κ2) is 33.3. The molecule has 0 bridgehead atoms. The first-order chi connectivity index (χ1) is 12.1. The van der Waals surface area contributed by atoms with Crippen molar-refractivity contribution < 1.29 is 88.5 Å². The number of aliphatic carboxylic acids is 1. The van der Waals surface area contributed by atoms with Gasteiger partial charge in [0, 0.05) is 24.4 Å². The van der Waals surface area contributed by atoms with Gasteiger partial charge in [-0.05, 0) is 13.3 Å². The molecule has 0 aromatic carbocycles. The number of carbonyl (C=O) groups is 3. The van der Waals surface area contributed by atoms with E-state index >= 15 is 0 Å². The van der Waals surface area contributed by atoms with Crippen LogP contribution in [-0.2, 0) is 68.0 Å². The molecule has 0 N–H and O–H groups in total. The number of rotatable bonds is 7. The second-order valence-electron chi connectivity index (χ2n) is 6.25. The molecule has 0 heterocycles. The van der Waals surface area contributed by atoms with E-state index in [1.165, 1.54) is 6.92 Å². The van der Waals surface area contributed by atoms with Crippen LogP contribution in [0.3, 0.4) is 0 Å². The van der Waals surface area contributed by atoms with Gasteiger partial charge >= 0.3 is 49.4 Å². The fourth-order valence-electron chi connectivity index (χ4n) is 0.807. The van der Waals surface area contributed by atoms with Gasteiger partial charge in [0.05, 0.1) is 6.61 Å². The summed E-state index contributed by atoms with van der Waals surface area (Å²) in [6.45, 7) is 14.7. The van der Waals surface area contributed by atoms with Crippen molar-refractivity contribution in [3.63, 3.8) is 0 Å². The number of ketones is 1. The minimum absolute atomic E-state index is 0. The molecular weight excluding hydrogens is 468 g/mol. The van der Waals surface area contributed by atoms with Gasteiger partial charge in [-0.25, -0.2) is 4.79 Å².